The number of para-hydroxylation sites is 2. The van der Waals surface area contributed by atoms with Gasteiger partial charge in [-0.15, -0.1) is 0 Å². The fourth-order valence-electron chi connectivity index (χ4n) is 2.31. The number of carbonyl (C=O) groups is 1. The number of amides is 1. The molecule has 122 valence electrons. The standard InChI is InChI=1S/C18H15NO5/c1-22-11-7-8-15-12(9-11)14(20)10-17(24-15)18(21)19-13-5-3-4-6-16(13)23-2/h3-10H,1-2H3,(H,19,21). The highest BCUT2D eigenvalue weighted by Gasteiger charge is 2.14. The number of ether oxygens (including phenoxy) is 2. The van der Waals surface area contributed by atoms with Crippen molar-refractivity contribution in [1.82, 2.24) is 0 Å². The fourth-order valence-corrected chi connectivity index (χ4v) is 2.31. The lowest BCUT2D eigenvalue weighted by atomic mass is 10.2. The highest BCUT2D eigenvalue weighted by Crippen LogP contribution is 2.24. The molecule has 0 fully saturated rings. The number of hydrogen-bond acceptors (Lipinski definition) is 5. The van der Waals surface area contributed by atoms with Crippen LogP contribution in [0.15, 0.2) is 57.7 Å². The molecule has 6 nitrogen and oxygen atoms in total. The van der Waals surface area contributed by atoms with Crippen LogP contribution >= 0.6 is 0 Å². The first-order chi connectivity index (χ1) is 11.6. The molecule has 6 heteroatoms. The van der Waals surface area contributed by atoms with E-state index in [0.29, 0.717) is 28.2 Å². The van der Waals surface area contributed by atoms with Gasteiger partial charge >= 0.3 is 0 Å². The van der Waals surface area contributed by atoms with Crippen LogP contribution in [0.4, 0.5) is 5.69 Å². The summed E-state index contributed by atoms with van der Waals surface area (Å²) in [4.78, 5) is 24.6. The van der Waals surface area contributed by atoms with Crippen LogP contribution in [0.5, 0.6) is 11.5 Å². The minimum atomic E-state index is -0.533. The van der Waals surface area contributed by atoms with Gasteiger partial charge in [0.2, 0.25) is 0 Å². The topological polar surface area (TPSA) is 77.8 Å². The molecule has 3 rings (SSSR count). The zero-order valence-electron chi connectivity index (χ0n) is 13.2. The Bertz CT molecular complexity index is 961. The maximum Gasteiger partial charge on any atom is 0.291 e. The van der Waals surface area contributed by atoms with Gasteiger partial charge in [0, 0.05) is 6.07 Å². The molecule has 1 amide bonds. The lowest BCUT2D eigenvalue weighted by molar-refractivity contribution is 0.0997. The van der Waals surface area contributed by atoms with Gasteiger partial charge in [-0.2, -0.15) is 0 Å². The number of hydrogen-bond donors (Lipinski definition) is 1. The number of rotatable bonds is 4. The van der Waals surface area contributed by atoms with Crippen molar-refractivity contribution < 1.29 is 18.7 Å². The second-order valence-electron chi connectivity index (χ2n) is 4.99. The van der Waals surface area contributed by atoms with Gasteiger partial charge in [-0.25, -0.2) is 0 Å². The molecule has 0 spiro atoms. The van der Waals surface area contributed by atoms with Gasteiger partial charge in [-0.05, 0) is 30.3 Å². The highest BCUT2D eigenvalue weighted by atomic mass is 16.5. The van der Waals surface area contributed by atoms with Crippen LogP contribution in [0.1, 0.15) is 10.6 Å². The van der Waals surface area contributed by atoms with E-state index in [0.717, 1.165) is 6.07 Å². The van der Waals surface area contributed by atoms with Gasteiger partial charge in [0.15, 0.2) is 11.2 Å². The minimum absolute atomic E-state index is 0.0800. The SMILES string of the molecule is COc1ccc2oc(C(=O)Nc3ccccc3OC)cc(=O)c2c1. The first-order valence-electron chi connectivity index (χ1n) is 7.18. The molecule has 1 aromatic heterocycles. The summed E-state index contributed by atoms with van der Waals surface area (Å²) in [7, 11) is 3.02. The molecular formula is C18H15NO5. The molecular weight excluding hydrogens is 310 g/mol. The molecule has 2 aromatic carbocycles. The van der Waals surface area contributed by atoms with Crippen molar-refractivity contribution in [1.29, 1.82) is 0 Å². The zero-order valence-corrected chi connectivity index (χ0v) is 13.2. The summed E-state index contributed by atoms with van der Waals surface area (Å²) in [6.45, 7) is 0. The second-order valence-corrected chi connectivity index (χ2v) is 4.99. The summed E-state index contributed by atoms with van der Waals surface area (Å²) >= 11 is 0. The maximum atomic E-state index is 12.4. The molecule has 0 atom stereocenters. The summed E-state index contributed by atoms with van der Waals surface area (Å²) in [5, 5.41) is 3.02. The van der Waals surface area contributed by atoms with Crippen LogP contribution in [-0.2, 0) is 0 Å². The van der Waals surface area contributed by atoms with Gasteiger partial charge in [-0.1, -0.05) is 12.1 Å². The van der Waals surface area contributed by atoms with Crippen LogP contribution in [0, 0.1) is 0 Å². The molecule has 0 unspecified atom stereocenters. The van der Waals surface area contributed by atoms with E-state index >= 15 is 0 Å². The molecule has 0 aliphatic heterocycles. The minimum Gasteiger partial charge on any atom is -0.497 e. The van der Waals surface area contributed by atoms with Crippen molar-refractivity contribution in [3.63, 3.8) is 0 Å². The molecule has 0 radical (unpaired) electrons. The van der Waals surface area contributed by atoms with Crippen LogP contribution in [-0.4, -0.2) is 20.1 Å². The van der Waals surface area contributed by atoms with E-state index in [1.807, 2.05) is 0 Å². The normalized spacial score (nSPS) is 10.4. The molecule has 0 saturated carbocycles. The third-order valence-corrected chi connectivity index (χ3v) is 3.51. The number of methoxy groups -OCH3 is 2. The largest absolute Gasteiger partial charge is 0.497 e. The third kappa shape index (κ3) is 2.94. The van der Waals surface area contributed by atoms with E-state index in [1.165, 1.54) is 14.2 Å². The van der Waals surface area contributed by atoms with Gasteiger partial charge in [0.05, 0.1) is 25.3 Å². The van der Waals surface area contributed by atoms with E-state index < -0.39 is 5.91 Å². The Morgan fingerprint density at radius 2 is 1.83 bits per heavy atom. The maximum absolute atomic E-state index is 12.4. The van der Waals surface area contributed by atoms with Crippen LogP contribution in [0.3, 0.4) is 0 Å². The average Bonchev–Trinajstić information content (AvgIpc) is 2.61. The zero-order chi connectivity index (χ0) is 17.1. The third-order valence-electron chi connectivity index (χ3n) is 3.51. The number of anilines is 1. The monoisotopic (exact) mass is 325 g/mol. The van der Waals surface area contributed by atoms with Crippen molar-refractivity contribution in [2.75, 3.05) is 19.5 Å². The van der Waals surface area contributed by atoms with Crippen LogP contribution in [0.25, 0.3) is 11.0 Å². The smallest absolute Gasteiger partial charge is 0.291 e. The quantitative estimate of drug-likeness (QED) is 0.797. The molecule has 24 heavy (non-hydrogen) atoms. The Kier molecular flexibility index (Phi) is 4.20. The van der Waals surface area contributed by atoms with E-state index in [2.05, 4.69) is 5.32 Å². The number of benzene rings is 2. The molecule has 3 aromatic rings. The number of nitrogens with one attached hydrogen (secondary N) is 1. The van der Waals surface area contributed by atoms with Gasteiger partial charge < -0.3 is 19.2 Å². The predicted molar refractivity (Wildman–Crippen MR) is 90.0 cm³/mol. The lowest BCUT2D eigenvalue weighted by Crippen LogP contribution is -2.15. The Morgan fingerprint density at radius 1 is 1.04 bits per heavy atom. The van der Waals surface area contributed by atoms with E-state index in [1.54, 1.807) is 42.5 Å². The van der Waals surface area contributed by atoms with E-state index in [4.69, 9.17) is 13.9 Å². The Morgan fingerprint density at radius 3 is 2.58 bits per heavy atom. The Balaban J connectivity index is 1.97. The lowest BCUT2D eigenvalue weighted by Gasteiger charge is -2.09. The summed E-state index contributed by atoms with van der Waals surface area (Å²) in [6.07, 6.45) is 0. The Labute approximate surface area is 137 Å². The summed E-state index contributed by atoms with van der Waals surface area (Å²) in [6, 6.07) is 13.0. The Hall–Kier alpha value is -3.28. The predicted octanol–water partition coefficient (Wildman–Crippen LogP) is 3.06. The first kappa shape index (κ1) is 15.6. The van der Waals surface area contributed by atoms with Crippen molar-refractivity contribution in [3.05, 3.63) is 64.5 Å². The van der Waals surface area contributed by atoms with Gasteiger partial charge in [0.1, 0.15) is 17.1 Å². The van der Waals surface area contributed by atoms with Gasteiger partial charge in [0.25, 0.3) is 5.91 Å². The summed E-state index contributed by atoms with van der Waals surface area (Å²) in [5.41, 5.74) is 0.483. The molecule has 0 bridgehead atoms. The molecule has 1 N–H and O–H groups in total. The number of carbonyl (C=O) groups excluding carboxylic acids is 1. The summed E-state index contributed by atoms with van der Waals surface area (Å²) < 4.78 is 15.8. The van der Waals surface area contributed by atoms with E-state index in [-0.39, 0.29) is 11.2 Å². The van der Waals surface area contributed by atoms with E-state index in [9.17, 15) is 9.59 Å². The van der Waals surface area contributed by atoms with Crippen molar-refractivity contribution in [3.8, 4) is 11.5 Å². The summed E-state index contributed by atoms with van der Waals surface area (Å²) in [5.74, 6) is 0.442. The average molecular weight is 325 g/mol. The highest BCUT2D eigenvalue weighted by molar-refractivity contribution is 6.03. The van der Waals surface area contributed by atoms with Gasteiger partial charge in [-0.3, -0.25) is 9.59 Å². The molecule has 0 aliphatic carbocycles. The molecule has 0 saturated heterocycles. The van der Waals surface area contributed by atoms with Crippen molar-refractivity contribution in [2.45, 2.75) is 0 Å². The van der Waals surface area contributed by atoms with Crippen LogP contribution in [0.2, 0.25) is 0 Å². The first-order valence-corrected chi connectivity index (χ1v) is 7.18. The van der Waals surface area contributed by atoms with Crippen molar-refractivity contribution >= 4 is 22.6 Å². The van der Waals surface area contributed by atoms with Crippen molar-refractivity contribution in [2.24, 2.45) is 0 Å². The fraction of sp³-hybridized carbons (Fsp3) is 0.111. The second kappa shape index (κ2) is 6.45. The molecule has 0 aliphatic rings. The number of fused-ring (bicyclic) bond motifs is 1. The molecule has 1 heterocycles. The van der Waals surface area contributed by atoms with Crippen LogP contribution < -0.4 is 20.2 Å².